The van der Waals surface area contributed by atoms with E-state index in [1.165, 1.54) is 7.11 Å². The predicted octanol–water partition coefficient (Wildman–Crippen LogP) is 0.788. The highest BCUT2D eigenvalue weighted by molar-refractivity contribution is 5.72. The lowest BCUT2D eigenvalue weighted by Gasteiger charge is -2.38. The Morgan fingerprint density at radius 2 is 2.33 bits per heavy atom. The van der Waals surface area contributed by atoms with E-state index in [0.717, 1.165) is 25.7 Å². The zero-order valence-corrected chi connectivity index (χ0v) is 9.38. The monoisotopic (exact) mass is 216 g/mol. The first-order valence-electron chi connectivity index (χ1n) is 5.33. The van der Waals surface area contributed by atoms with Crippen LogP contribution in [0.15, 0.2) is 0 Å². The molecule has 0 aromatic heterocycles. The lowest BCUT2D eigenvalue weighted by molar-refractivity contribution is 0.00194. The standard InChI is InChI=1S/C10H20N2O3/c1-10(6-4-3-5-8(10)13)7-11-9(14)12-15-2/h8,13H,3-7H2,1-2H3,(H2,11,12,14). The third-order valence-electron chi connectivity index (χ3n) is 3.13. The van der Waals surface area contributed by atoms with Crippen LogP contribution in [-0.4, -0.2) is 30.9 Å². The number of hydrogen-bond donors (Lipinski definition) is 3. The fourth-order valence-corrected chi connectivity index (χ4v) is 2.00. The first-order valence-corrected chi connectivity index (χ1v) is 5.33. The van der Waals surface area contributed by atoms with E-state index in [1.54, 1.807) is 0 Å². The number of nitrogens with one attached hydrogen (secondary N) is 2. The van der Waals surface area contributed by atoms with E-state index in [4.69, 9.17) is 0 Å². The van der Waals surface area contributed by atoms with Gasteiger partial charge in [-0.25, -0.2) is 10.3 Å². The molecule has 88 valence electrons. The second-order valence-electron chi connectivity index (χ2n) is 4.40. The van der Waals surface area contributed by atoms with Gasteiger partial charge >= 0.3 is 6.03 Å². The van der Waals surface area contributed by atoms with E-state index in [9.17, 15) is 9.90 Å². The van der Waals surface area contributed by atoms with Crippen LogP contribution in [0.25, 0.3) is 0 Å². The van der Waals surface area contributed by atoms with Gasteiger partial charge < -0.3 is 10.4 Å². The average molecular weight is 216 g/mol. The molecule has 1 saturated carbocycles. The van der Waals surface area contributed by atoms with E-state index in [-0.39, 0.29) is 17.6 Å². The summed E-state index contributed by atoms with van der Waals surface area (Å²) in [4.78, 5) is 15.6. The number of urea groups is 1. The molecule has 15 heavy (non-hydrogen) atoms. The Labute approximate surface area is 90.1 Å². The van der Waals surface area contributed by atoms with Gasteiger partial charge in [-0.05, 0) is 12.8 Å². The van der Waals surface area contributed by atoms with E-state index < -0.39 is 0 Å². The van der Waals surface area contributed by atoms with Crippen LogP contribution in [0, 0.1) is 5.41 Å². The molecule has 2 atom stereocenters. The fourth-order valence-electron chi connectivity index (χ4n) is 2.00. The maximum atomic E-state index is 11.1. The van der Waals surface area contributed by atoms with Crippen LogP contribution >= 0.6 is 0 Å². The summed E-state index contributed by atoms with van der Waals surface area (Å²) in [5.74, 6) is 0. The largest absolute Gasteiger partial charge is 0.392 e. The average Bonchev–Trinajstić information content (AvgIpc) is 2.21. The highest BCUT2D eigenvalue weighted by atomic mass is 16.6. The van der Waals surface area contributed by atoms with Crippen molar-refractivity contribution >= 4 is 6.03 Å². The minimum Gasteiger partial charge on any atom is -0.392 e. The first kappa shape index (κ1) is 12.3. The lowest BCUT2D eigenvalue weighted by atomic mass is 9.73. The molecule has 1 fully saturated rings. The van der Waals surface area contributed by atoms with E-state index in [2.05, 4.69) is 15.6 Å². The minimum absolute atomic E-state index is 0.205. The number of aliphatic hydroxyl groups is 1. The number of aliphatic hydroxyl groups excluding tert-OH is 1. The van der Waals surface area contributed by atoms with Gasteiger partial charge in [-0.2, -0.15) is 0 Å². The van der Waals surface area contributed by atoms with Gasteiger partial charge in [0, 0.05) is 12.0 Å². The Kier molecular flexibility index (Phi) is 4.35. The molecule has 0 heterocycles. The number of carbonyl (C=O) groups is 1. The summed E-state index contributed by atoms with van der Waals surface area (Å²) >= 11 is 0. The highest BCUT2D eigenvalue weighted by Crippen LogP contribution is 2.35. The molecule has 2 amide bonds. The summed E-state index contributed by atoms with van der Waals surface area (Å²) in [6.45, 7) is 2.48. The lowest BCUT2D eigenvalue weighted by Crippen LogP contribution is -2.47. The van der Waals surface area contributed by atoms with Gasteiger partial charge in [0.05, 0.1) is 13.2 Å². The zero-order valence-electron chi connectivity index (χ0n) is 9.38. The number of carbonyl (C=O) groups excluding carboxylic acids is 1. The molecule has 2 unspecified atom stereocenters. The number of hydroxylamine groups is 1. The Balaban J connectivity index is 2.37. The van der Waals surface area contributed by atoms with Crippen molar-refractivity contribution in [1.29, 1.82) is 0 Å². The van der Waals surface area contributed by atoms with Crippen LogP contribution in [0.3, 0.4) is 0 Å². The molecule has 0 aliphatic heterocycles. The van der Waals surface area contributed by atoms with Crippen LogP contribution in [0.1, 0.15) is 32.6 Å². The van der Waals surface area contributed by atoms with Gasteiger partial charge in [0.15, 0.2) is 0 Å². The molecule has 1 aliphatic carbocycles. The molecule has 1 rings (SSSR count). The SMILES string of the molecule is CONC(=O)NCC1(C)CCCCC1O. The summed E-state index contributed by atoms with van der Waals surface area (Å²) in [5, 5.41) is 12.6. The molecule has 5 heteroatoms. The Morgan fingerprint density at radius 3 is 2.93 bits per heavy atom. The summed E-state index contributed by atoms with van der Waals surface area (Å²) in [5.41, 5.74) is 1.98. The van der Waals surface area contributed by atoms with Crippen LogP contribution < -0.4 is 10.8 Å². The van der Waals surface area contributed by atoms with Crippen molar-refractivity contribution in [2.24, 2.45) is 5.41 Å². The predicted molar refractivity (Wildman–Crippen MR) is 56.1 cm³/mol. The second-order valence-corrected chi connectivity index (χ2v) is 4.40. The van der Waals surface area contributed by atoms with Crippen molar-refractivity contribution < 1.29 is 14.7 Å². The van der Waals surface area contributed by atoms with Crippen molar-refractivity contribution in [2.45, 2.75) is 38.7 Å². The van der Waals surface area contributed by atoms with Crippen LogP contribution in [0.2, 0.25) is 0 Å². The molecule has 5 nitrogen and oxygen atoms in total. The van der Waals surface area contributed by atoms with Crippen molar-refractivity contribution in [1.82, 2.24) is 10.8 Å². The molecular formula is C10H20N2O3. The summed E-state index contributed by atoms with van der Waals surface area (Å²) in [6.07, 6.45) is 3.63. The Hall–Kier alpha value is -0.810. The van der Waals surface area contributed by atoms with Gasteiger partial charge in [-0.3, -0.25) is 4.84 Å². The number of rotatable bonds is 3. The molecule has 0 aromatic rings. The van der Waals surface area contributed by atoms with Crippen molar-refractivity contribution in [3.63, 3.8) is 0 Å². The van der Waals surface area contributed by atoms with E-state index in [1.807, 2.05) is 6.92 Å². The summed E-state index contributed by atoms with van der Waals surface area (Å²) in [7, 11) is 1.39. The van der Waals surface area contributed by atoms with Gasteiger partial charge in [0.1, 0.15) is 0 Å². The maximum absolute atomic E-state index is 11.1. The molecule has 0 bridgehead atoms. The Bertz CT molecular complexity index is 223. The van der Waals surface area contributed by atoms with Crippen LogP contribution in [-0.2, 0) is 4.84 Å². The Morgan fingerprint density at radius 1 is 1.60 bits per heavy atom. The third-order valence-corrected chi connectivity index (χ3v) is 3.13. The van der Waals surface area contributed by atoms with Gasteiger partial charge in [0.2, 0.25) is 0 Å². The molecule has 3 N–H and O–H groups in total. The smallest absolute Gasteiger partial charge is 0.338 e. The van der Waals surface area contributed by atoms with Gasteiger partial charge in [-0.1, -0.05) is 19.8 Å². The van der Waals surface area contributed by atoms with E-state index >= 15 is 0 Å². The molecule has 0 spiro atoms. The number of amides is 2. The third kappa shape index (κ3) is 3.35. The minimum atomic E-state index is -0.364. The first-order chi connectivity index (χ1) is 7.08. The van der Waals surface area contributed by atoms with Crippen LogP contribution in [0.5, 0.6) is 0 Å². The fraction of sp³-hybridized carbons (Fsp3) is 0.900. The normalized spacial score (nSPS) is 31.0. The topological polar surface area (TPSA) is 70.6 Å². The van der Waals surface area contributed by atoms with Crippen molar-refractivity contribution in [2.75, 3.05) is 13.7 Å². The van der Waals surface area contributed by atoms with Crippen LogP contribution in [0.4, 0.5) is 4.79 Å². The van der Waals surface area contributed by atoms with Gasteiger partial charge in [0.25, 0.3) is 0 Å². The molecule has 0 saturated heterocycles. The van der Waals surface area contributed by atoms with Crippen molar-refractivity contribution in [3.8, 4) is 0 Å². The van der Waals surface area contributed by atoms with Gasteiger partial charge in [-0.15, -0.1) is 0 Å². The van der Waals surface area contributed by atoms with E-state index in [0.29, 0.717) is 6.54 Å². The quantitative estimate of drug-likeness (QED) is 0.611. The van der Waals surface area contributed by atoms with Crippen molar-refractivity contribution in [3.05, 3.63) is 0 Å². The second kappa shape index (κ2) is 5.32. The molecular weight excluding hydrogens is 196 g/mol. The molecule has 0 aromatic carbocycles. The molecule has 0 radical (unpaired) electrons. The number of hydrogen-bond acceptors (Lipinski definition) is 3. The zero-order chi connectivity index (χ0) is 11.3. The highest BCUT2D eigenvalue weighted by Gasteiger charge is 2.35. The summed E-state index contributed by atoms with van der Waals surface area (Å²) < 4.78 is 0. The maximum Gasteiger partial charge on any atom is 0.338 e. The summed E-state index contributed by atoms with van der Waals surface area (Å²) in [6, 6.07) is -0.364. The molecule has 1 aliphatic rings.